The van der Waals surface area contributed by atoms with Gasteiger partial charge in [0.15, 0.2) is 0 Å². The molecule has 0 spiro atoms. The number of hydrogen-bond acceptors (Lipinski definition) is 3. The normalized spacial score (nSPS) is 10.1. The van der Waals surface area contributed by atoms with Gasteiger partial charge in [0, 0.05) is 23.0 Å². The molecular weight excluding hydrogens is 252 g/mol. The lowest BCUT2D eigenvalue weighted by Crippen LogP contribution is -2.26. The largest absolute Gasteiger partial charge is 0.285 e. The molecule has 2 aromatic rings. The summed E-state index contributed by atoms with van der Waals surface area (Å²) in [4.78, 5) is 15.8. The second kappa shape index (κ2) is 5.62. The van der Waals surface area contributed by atoms with Crippen LogP contribution in [0.25, 0.3) is 0 Å². The Hall–Kier alpha value is -1.91. The van der Waals surface area contributed by atoms with Gasteiger partial charge >= 0.3 is 0 Å². The maximum absolute atomic E-state index is 11.9. The number of benzene rings is 1. The van der Waals surface area contributed by atoms with Crippen molar-refractivity contribution in [2.45, 2.75) is 6.54 Å². The van der Waals surface area contributed by atoms with Crippen molar-refractivity contribution in [1.29, 1.82) is 0 Å². The SMILES string of the molecule is O=C(c1cccc(Cl)c1)N(O)Cc1ccncc1. The standard InChI is InChI=1S/C13H11ClN2O2/c14-12-3-1-2-11(8-12)13(17)16(18)9-10-4-6-15-7-5-10/h1-8,18H,9H2. The van der Waals surface area contributed by atoms with Gasteiger partial charge in [0.25, 0.3) is 5.91 Å². The molecule has 0 atom stereocenters. The molecular formula is C13H11ClN2O2. The minimum Gasteiger partial charge on any atom is -0.285 e. The summed E-state index contributed by atoms with van der Waals surface area (Å²) in [6.45, 7) is 0.105. The maximum atomic E-state index is 11.9. The smallest absolute Gasteiger partial charge is 0.277 e. The molecule has 0 aliphatic heterocycles. The Balaban J connectivity index is 2.10. The maximum Gasteiger partial charge on any atom is 0.277 e. The van der Waals surface area contributed by atoms with E-state index in [9.17, 15) is 10.0 Å². The van der Waals surface area contributed by atoms with Crippen LogP contribution in [0.5, 0.6) is 0 Å². The van der Waals surface area contributed by atoms with Gasteiger partial charge in [-0.1, -0.05) is 17.7 Å². The van der Waals surface area contributed by atoms with Crippen LogP contribution < -0.4 is 0 Å². The molecule has 0 saturated carbocycles. The van der Waals surface area contributed by atoms with Gasteiger partial charge in [-0.25, -0.2) is 5.06 Å². The number of carbonyl (C=O) groups is 1. The Morgan fingerprint density at radius 1 is 1.28 bits per heavy atom. The highest BCUT2D eigenvalue weighted by Gasteiger charge is 2.14. The first kappa shape index (κ1) is 12.5. The van der Waals surface area contributed by atoms with E-state index in [1.54, 1.807) is 42.7 Å². The zero-order valence-corrected chi connectivity index (χ0v) is 10.2. The summed E-state index contributed by atoms with van der Waals surface area (Å²) in [7, 11) is 0. The fraction of sp³-hybridized carbons (Fsp3) is 0.0769. The number of nitrogens with zero attached hydrogens (tertiary/aromatic N) is 2. The lowest BCUT2D eigenvalue weighted by atomic mass is 10.2. The molecule has 0 aliphatic carbocycles. The van der Waals surface area contributed by atoms with Crippen LogP contribution in [0.2, 0.25) is 5.02 Å². The van der Waals surface area contributed by atoms with Gasteiger partial charge in [0.05, 0.1) is 6.54 Å². The Morgan fingerprint density at radius 3 is 2.67 bits per heavy atom. The number of hydrogen-bond donors (Lipinski definition) is 1. The molecule has 1 amide bonds. The topological polar surface area (TPSA) is 53.4 Å². The number of hydroxylamine groups is 2. The highest BCUT2D eigenvalue weighted by molar-refractivity contribution is 6.30. The Kier molecular flexibility index (Phi) is 3.92. The van der Waals surface area contributed by atoms with Gasteiger partial charge in [-0.15, -0.1) is 0 Å². The van der Waals surface area contributed by atoms with E-state index in [0.717, 1.165) is 5.56 Å². The van der Waals surface area contributed by atoms with E-state index in [2.05, 4.69) is 4.98 Å². The molecule has 92 valence electrons. The molecule has 4 nitrogen and oxygen atoms in total. The average Bonchev–Trinajstić information content (AvgIpc) is 2.39. The van der Waals surface area contributed by atoms with E-state index in [1.807, 2.05) is 0 Å². The first-order valence-electron chi connectivity index (χ1n) is 5.32. The summed E-state index contributed by atoms with van der Waals surface area (Å²) >= 11 is 5.79. The van der Waals surface area contributed by atoms with Crippen molar-refractivity contribution < 1.29 is 10.0 Å². The molecule has 5 heteroatoms. The fourth-order valence-electron chi connectivity index (χ4n) is 1.50. The molecule has 0 bridgehead atoms. The Bertz CT molecular complexity index is 546. The minimum absolute atomic E-state index is 0.105. The molecule has 0 radical (unpaired) electrons. The quantitative estimate of drug-likeness (QED) is 0.684. The Morgan fingerprint density at radius 2 is 2.00 bits per heavy atom. The van der Waals surface area contributed by atoms with E-state index >= 15 is 0 Å². The number of pyridine rings is 1. The molecule has 0 unspecified atom stereocenters. The van der Waals surface area contributed by atoms with E-state index < -0.39 is 5.91 Å². The summed E-state index contributed by atoms with van der Waals surface area (Å²) in [5, 5.41) is 10.8. The molecule has 1 N–H and O–H groups in total. The van der Waals surface area contributed by atoms with Crippen LogP contribution in [0.1, 0.15) is 15.9 Å². The predicted octanol–water partition coefficient (Wildman–Crippen LogP) is 2.77. The fourth-order valence-corrected chi connectivity index (χ4v) is 1.69. The highest BCUT2D eigenvalue weighted by atomic mass is 35.5. The van der Waals surface area contributed by atoms with Crippen molar-refractivity contribution >= 4 is 17.5 Å². The number of amides is 1. The average molecular weight is 263 g/mol. The molecule has 1 aromatic heterocycles. The summed E-state index contributed by atoms with van der Waals surface area (Å²) in [6, 6.07) is 9.91. The van der Waals surface area contributed by atoms with Crippen LogP contribution in [0.4, 0.5) is 0 Å². The monoisotopic (exact) mass is 262 g/mol. The molecule has 0 aliphatic rings. The van der Waals surface area contributed by atoms with Gasteiger partial charge in [-0.3, -0.25) is 15.0 Å². The molecule has 18 heavy (non-hydrogen) atoms. The number of rotatable bonds is 3. The third-order valence-electron chi connectivity index (χ3n) is 2.39. The zero-order valence-electron chi connectivity index (χ0n) is 9.45. The van der Waals surface area contributed by atoms with Crippen LogP contribution in [0.15, 0.2) is 48.8 Å². The predicted molar refractivity (Wildman–Crippen MR) is 67.3 cm³/mol. The summed E-state index contributed by atoms with van der Waals surface area (Å²) in [6.07, 6.45) is 3.21. The molecule has 1 aromatic carbocycles. The van der Waals surface area contributed by atoms with E-state index in [1.165, 1.54) is 6.07 Å². The molecule has 2 rings (SSSR count). The van der Waals surface area contributed by atoms with Crippen LogP contribution in [-0.2, 0) is 6.54 Å². The number of halogens is 1. The second-order valence-corrected chi connectivity index (χ2v) is 4.17. The van der Waals surface area contributed by atoms with Crippen molar-refractivity contribution in [2.24, 2.45) is 0 Å². The van der Waals surface area contributed by atoms with Gasteiger partial charge in [-0.05, 0) is 35.9 Å². The summed E-state index contributed by atoms with van der Waals surface area (Å²) in [5.41, 5.74) is 1.14. The van der Waals surface area contributed by atoms with E-state index in [4.69, 9.17) is 11.6 Å². The van der Waals surface area contributed by atoms with Crippen molar-refractivity contribution in [3.8, 4) is 0 Å². The lowest BCUT2D eigenvalue weighted by Gasteiger charge is -2.15. The van der Waals surface area contributed by atoms with Crippen molar-refractivity contribution in [3.63, 3.8) is 0 Å². The van der Waals surface area contributed by atoms with Crippen LogP contribution >= 0.6 is 11.6 Å². The van der Waals surface area contributed by atoms with Gasteiger partial charge < -0.3 is 0 Å². The minimum atomic E-state index is -0.491. The van der Waals surface area contributed by atoms with Crippen molar-refractivity contribution in [1.82, 2.24) is 10.0 Å². The van der Waals surface area contributed by atoms with Gasteiger partial charge in [0.1, 0.15) is 0 Å². The molecule has 1 heterocycles. The van der Waals surface area contributed by atoms with Crippen LogP contribution in [0, 0.1) is 0 Å². The molecule has 0 fully saturated rings. The highest BCUT2D eigenvalue weighted by Crippen LogP contribution is 2.13. The summed E-state index contributed by atoms with van der Waals surface area (Å²) < 4.78 is 0. The Labute approximate surface area is 109 Å². The van der Waals surface area contributed by atoms with Crippen molar-refractivity contribution in [2.75, 3.05) is 0 Å². The van der Waals surface area contributed by atoms with E-state index in [0.29, 0.717) is 15.6 Å². The van der Waals surface area contributed by atoms with Crippen molar-refractivity contribution in [3.05, 3.63) is 64.9 Å². The second-order valence-electron chi connectivity index (χ2n) is 3.73. The van der Waals surface area contributed by atoms with Gasteiger partial charge in [-0.2, -0.15) is 0 Å². The number of carbonyl (C=O) groups excluding carboxylic acids is 1. The van der Waals surface area contributed by atoms with Crippen LogP contribution in [0.3, 0.4) is 0 Å². The van der Waals surface area contributed by atoms with Gasteiger partial charge in [0.2, 0.25) is 0 Å². The third kappa shape index (κ3) is 3.06. The van der Waals surface area contributed by atoms with E-state index in [-0.39, 0.29) is 6.54 Å². The van der Waals surface area contributed by atoms with Crippen LogP contribution in [-0.4, -0.2) is 21.2 Å². The lowest BCUT2D eigenvalue weighted by molar-refractivity contribution is -0.0648. The first-order chi connectivity index (χ1) is 8.66. The third-order valence-corrected chi connectivity index (χ3v) is 2.62. The summed E-state index contributed by atoms with van der Waals surface area (Å²) in [5.74, 6) is -0.491. The zero-order chi connectivity index (χ0) is 13.0. The molecule has 0 saturated heterocycles. The number of aromatic nitrogens is 1. The first-order valence-corrected chi connectivity index (χ1v) is 5.70.